The van der Waals surface area contributed by atoms with Gasteiger partial charge in [-0.05, 0) is 0 Å². The lowest BCUT2D eigenvalue weighted by atomic mass is 10.3. The Balaban J connectivity index is 3.82. The number of rotatable bonds is 9. The van der Waals surface area contributed by atoms with E-state index < -0.39 is 18.0 Å². The largest absolute Gasteiger partial charge is 0.468 e. The van der Waals surface area contributed by atoms with Crippen molar-refractivity contribution in [3.8, 4) is 0 Å². The van der Waals surface area contributed by atoms with Crippen molar-refractivity contribution >= 4 is 37.1 Å². The maximum absolute atomic E-state index is 11.2. The van der Waals surface area contributed by atoms with Crippen LogP contribution in [0, 0.1) is 0 Å². The monoisotopic (exact) mass is 281 g/mol. The van der Waals surface area contributed by atoms with Crippen molar-refractivity contribution in [1.29, 1.82) is 0 Å². The van der Waals surface area contributed by atoms with Crippen LogP contribution in [-0.4, -0.2) is 55.7 Å². The number of thiol groups is 2. The number of methoxy groups -OCH3 is 1. The maximum Gasteiger partial charge on any atom is 0.323 e. The Morgan fingerprint density at radius 1 is 1.18 bits per heavy atom. The fourth-order valence-corrected chi connectivity index (χ4v) is 1.70. The van der Waals surface area contributed by atoms with E-state index in [-0.39, 0.29) is 5.97 Å². The Kier molecular flexibility index (Phi) is 9.33. The highest BCUT2D eigenvalue weighted by Crippen LogP contribution is 1.91. The van der Waals surface area contributed by atoms with Crippen molar-refractivity contribution in [2.45, 2.75) is 12.1 Å². The van der Waals surface area contributed by atoms with Crippen LogP contribution in [0.2, 0.25) is 0 Å². The van der Waals surface area contributed by atoms with Gasteiger partial charge in [0, 0.05) is 24.6 Å². The molecule has 6 nitrogen and oxygen atoms in total. The lowest BCUT2D eigenvalue weighted by molar-refractivity contribution is -0.142. The third-order valence-corrected chi connectivity index (χ3v) is 2.83. The molecule has 0 unspecified atom stereocenters. The molecule has 0 aliphatic carbocycles. The van der Waals surface area contributed by atoms with E-state index in [9.17, 15) is 9.59 Å². The summed E-state index contributed by atoms with van der Waals surface area (Å²) < 4.78 is 4.58. The van der Waals surface area contributed by atoms with Gasteiger partial charge < -0.3 is 21.1 Å². The predicted molar refractivity (Wildman–Crippen MR) is 72.5 cm³/mol. The quantitative estimate of drug-likeness (QED) is 0.200. The second kappa shape index (κ2) is 9.58. The van der Waals surface area contributed by atoms with Crippen LogP contribution < -0.4 is 16.4 Å². The molecule has 0 aliphatic rings. The first-order chi connectivity index (χ1) is 8.06. The molecule has 0 aromatic heterocycles. The zero-order valence-electron chi connectivity index (χ0n) is 9.68. The molecule has 4 N–H and O–H groups in total. The first kappa shape index (κ1) is 16.6. The average Bonchev–Trinajstić information content (AvgIpc) is 2.32. The molecule has 0 saturated carbocycles. The van der Waals surface area contributed by atoms with Gasteiger partial charge in [-0.2, -0.15) is 25.3 Å². The van der Waals surface area contributed by atoms with Crippen molar-refractivity contribution in [2.24, 2.45) is 5.73 Å². The van der Waals surface area contributed by atoms with Gasteiger partial charge in [-0.1, -0.05) is 0 Å². The summed E-state index contributed by atoms with van der Waals surface area (Å²) in [5, 5.41) is 5.86. The molecule has 0 fully saturated rings. The van der Waals surface area contributed by atoms with Gasteiger partial charge in [0.05, 0.1) is 13.2 Å². The van der Waals surface area contributed by atoms with Crippen LogP contribution in [0.5, 0.6) is 0 Å². The van der Waals surface area contributed by atoms with E-state index in [1.54, 1.807) is 0 Å². The van der Waals surface area contributed by atoms with E-state index in [0.29, 0.717) is 24.6 Å². The Hall–Kier alpha value is -0.440. The average molecular weight is 281 g/mol. The van der Waals surface area contributed by atoms with E-state index >= 15 is 0 Å². The van der Waals surface area contributed by atoms with Gasteiger partial charge in [0.15, 0.2) is 0 Å². The number of nitrogens with one attached hydrogen (secondary N) is 2. The highest BCUT2D eigenvalue weighted by Gasteiger charge is 2.16. The molecule has 0 saturated heterocycles. The minimum absolute atomic E-state index is 0.336. The van der Waals surface area contributed by atoms with Crippen LogP contribution in [0.4, 0.5) is 0 Å². The van der Waals surface area contributed by atoms with Crippen LogP contribution in [0.3, 0.4) is 0 Å². The summed E-state index contributed by atoms with van der Waals surface area (Å²) in [6, 6.07) is -0.916. The third kappa shape index (κ3) is 6.77. The summed E-state index contributed by atoms with van der Waals surface area (Å²) in [4.78, 5) is 22.1. The smallest absolute Gasteiger partial charge is 0.323 e. The second-order valence-corrected chi connectivity index (χ2v) is 4.03. The number of carbonyl (C=O) groups excluding carboxylic acids is 2. The van der Waals surface area contributed by atoms with Crippen molar-refractivity contribution in [1.82, 2.24) is 10.6 Å². The number of carbonyl (C=O) groups is 2. The number of amides is 1. The standard InChI is InChI=1S/C9H19N3O3S2/c1-15-9(14)7(5-17)12-3-2-11-6(4-16)8(10)13/h6-7,11-12,16-17H,2-5H2,1H3,(H2,10,13)/t6-,7-/m0/s1. The Labute approximate surface area is 112 Å². The molecule has 0 aromatic carbocycles. The molecule has 0 rings (SSSR count). The molecular formula is C9H19N3O3S2. The van der Waals surface area contributed by atoms with Crippen LogP contribution in [0.15, 0.2) is 0 Å². The first-order valence-corrected chi connectivity index (χ1v) is 6.38. The summed E-state index contributed by atoms with van der Waals surface area (Å²) in [7, 11) is 1.32. The molecule has 2 atom stereocenters. The van der Waals surface area contributed by atoms with E-state index in [2.05, 4.69) is 40.6 Å². The normalized spacial score (nSPS) is 14.1. The van der Waals surface area contributed by atoms with Gasteiger partial charge >= 0.3 is 5.97 Å². The fraction of sp³-hybridized carbons (Fsp3) is 0.778. The molecule has 0 bridgehead atoms. The molecule has 8 heteroatoms. The molecular weight excluding hydrogens is 262 g/mol. The number of hydrogen-bond donors (Lipinski definition) is 5. The second-order valence-electron chi connectivity index (χ2n) is 3.30. The Morgan fingerprint density at radius 2 is 1.65 bits per heavy atom. The highest BCUT2D eigenvalue weighted by molar-refractivity contribution is 7.80. The van der Waals surface area contributed by atoms with Gasteiger partial charge in [-0.25, -0.2) is 0 Å². The number of primary amides is 1. The maximum atomic E-state index is 11.2. The molecule has 0 heterocycles. The van der Waals surface area contributed by atoms with E-state index in [1.165, 1.54) is 7.11 Å². The molecule has 17 heavy (non-hydrogen) atoms. The molecule has 0 radical (unpaired) electrons. The van der Waals surface area contributed by atoms with E-state index in [0.717, 1.165) is 0 Å². The predicted octanol–water partition coefficient (Wildman–Crippen LogP) is -1.58. The van der Waals surface area contributed by atoms with Crippen LogP contribution in [0.1, 0.15) is 0 Å². The Morgan fingerprint density at radius 3 is 2.00 bits per heavy atom. The van der Waals surface area contributed by atoms with Crippen LogP contribution >= 0.6 is 25.3 Å². The van der Waals surface area contributed by atoms with Crippen LogP contribution in [-0.2, 0) is 14.3 Å². The lowest BCUT2D eigenvalue weighted by Crippen LogP contribution is -2.47. The molecule has 100 valence electrons. The zero-order valence-corrected chi connectivity index (χ0v) is 11.5. The van der Waals surface area contributed by atoms with Gasteiger partial charge in [0.1, 0.15) is 6.04 Å². The lowest BCUT2D eigenvalue weighted by Gasteiger charge is -2.16. The molecule has 1 amide bonds. The molecule has 0 aliphatic heterocycles. The Bertz CT molecular complexity index is 254. The number of nitrogens with two attached hydrogens (primary N) is 1. The minimum Gasteiger partial charge on any atom is -0.468 e. The molecule has 0 spiro atoms. The van der Waals surface area contributed by atoms with Crippen molar-refractivity contribution in [3.63, 3.8) is 0 Å². The van der Waals surface area contributed by atoms with Gasteiger partial charge in [-0.15, -0.1) is 0 Å². The van der Waals surface area contributed by atoms with Crippen molar-refractivity contribution < 1.29 is 14.3 Å². The topological polar surface area (TPSA) is 93.4 Å². The minimum atomic E-state index is -0.465. The van der Waals surface area contributed by atoms with Gasteiger partial charge in [0.2, 0.25) is 5.91 Å². The zero-order chi connectivity index (χ0) is 13.3. The summed E-state index contributed by atoms with van der Waals surface area (Å²) in [6.07, 6.45) is 0. The van der Waals surface area contributed by atoms with Gasteiger partial charge in [-0.3, -0.25) is 9.59 Å². The number of hydrogen-bond acceptors (Lipinski definition) is 7. The summed E-state index contributed by atoms with van der Waals surface area (Å²) in [5.41, 5.74) is 5.13. The van der Waals surface area contributed by atoms with Gasteiger partial charge in [0.25, 0.3) is 0 Å². The number of ether oxygens (including phenoxy) is 1. The summed E-state index contributed by atoms with van der Waals surface area (Å²) in [5.74, 6) is -0.125. The van der Waals surface area contributed by atoms with E-state index in [1.807, 2.05) is 0 Å². The number of esters is 1. The summed E-state index contributed by atoms with van der Waals surface area (Å²) in [6.45, 7) is 0.993. The summed E-state index contributed by atoms with van der Waals surface area (Å²) >= 11 is 8.03. The first-order valence-electron chi connectivity index (χ1n) is 5.12. The van der Waals surface area contributed by atoms with E-state index in [4.69, 9.17) is 5.73 Å². The van der Waals surface area contributed by atoms with Crippen molar-refractivity contribution in [2.75, 3.05) is 31.7 Å². The van der Waals surface area contributed by atoms with Crippen LogP contribution in [0.25, 0.3) is 0 Å². The highest BCUT2D eigenvalue weighted by atomic mass is 32.1. The third-order valence-electron chi connectivity index (χ3n) is 2.10. The SMILES string of the molecule is COC(=O)[C@H](CS)NCCN[C@@H](CS)C(N)=O. The van der Waals surface area contributed by atoms with Crippen molar-refractivity contribution in [3.05, 3.63) is 0 Å². The molecule has 0 aromatic rings. The fourth-order valence-electron chi connectivity index (χ4n) is 1.11.